The number of aliphatic hydroxyl groups excluding tert-OH is 1. The summed E-state index contributed by atoms with van der Waals surface area (Å²) in [5.74, 6) is 1.43. The summed E-state index contributed by atoms with van der Waals surface area (Å²) in [4.78, 5) is 20.7. The second kappa shape index (κ2) is 18.0. The first-order valence-corrected chi connectivity index (χ1v) is 20.3. The maximum atomic E-state index is 11.2. The van der Waals surface area contributed by atoms with Gasteiger partial charge in [0.05, 0.1) is 67.7 Å². The molecule has 0 radical (unpaired) electrons. The van der Waals surface area contributed by atoms with Crippen molar-refractivity contribution in [3.8, 4) is 45.5 Å². The van der Waals surface area contributed by atoms with Crippen LogP contribution in [0.5, 0.6) is 17.4 Å². The number of methoxy groups -OCH3 is 3. The number of aryl methyl sites for hydroxylation is 1. The third-order valence-electron chi connectivity index (χ3n) is 12.1. The van der Waals surface area contributed by atoms with Crippen molar-refractivity contribution in [2.24, 2.45) is 5.92 Å². The quantitative estimate of drug-likeness (QED) is 0.114. The molecule has 13 heteroatoms. The van der Waals surface area contributed by atoms with Crippen molar-refractivity contribution in [2.75, 3.05) is 48.6 Å². The smallest absolute Gasteiger partial charge is 0.303 e. The van der Waals surface area contributed by atoms with Crippen LogP contribution in [0.2, 0.25) is 5.02 Å². The van der Waals surface area contributed by atoms with E-state index in [1.165, 1.54) is 0 Å². The number of fused-ring (bicyclic) bond motifs is 1. The summed E-state index contributed by atoms with van der Waals surface area (Å²) in [7, 11) is 9.07. The first-order chi connectivity index (χ1) is 28.0. The van der Waals surface area contributed by atoms with Gasteiger partial charge in [0.1, 0.15) is 11.5 Å². The average molecular weight is 812 g/mol. The van der Waals surface area contributed by atoms with Gasteiger partial charge < -0.3 is 29.2 Å². The molecule has 308 valence electrons. The highest BCUT2D eigenvalue weighted by Gasteiger charge is 2.30. The van der Waals surface area contributed by atoms with Crippen LogP contribution in [0.1, 0.15) is 55.2 Å². The molecule has 1 aliphatic heterocycles. The molecule has 0 amide bonds. The number of pyridine rings is 1. The Labute approximate surface area is 345 Å². The highest BCUT2D eigenvalue weighted by molar-refractivity contribution is 6.36. The zero-order valence-corrected chi connectivity index (χ0v) is 35.0. The Morgan fingerprint density at radius 1 is 0.897 bits per heavy atom. The van der Waals surface area contributed by atoms with E-state index >= 15 is 0 Å². The van der Waals surface area contributed by atoms with Crippen molar-refractivity contribution in [3.05, 3.63) is 82.5 Å². The molecule has 0 spiro atoms. The van der Waals surface area contributed by atoms with Gasteiger partial charge in [-0.15, -0.1) is 0 Å². The summed E-state index contributed by atoms with van der Waals surface area (Å²) in [6.07, 6.45) is 6.10. The highest BCUT2D eigenvalue weighted by atomic mass is 35.5. The molecule has 2 atom stereocenters. The van der Waals surface area contributed by atoms with E-state index < -0.39 is 12.1 Å². The molecule has 12 nitrogen and oxygen atoms in total. The largest absolute Gasteiger partial charge is 0.496 e. The summed E-state index contributed by atoms with van der Waals surface area (Å²) >= 11 is 7.31. The van der Waals surface area contributed by atoms with E-state index in [2.05, 4.69) is 35.9 Å². The maximum Gasteiger partial charge on any atom is 0.303 e. The Morgan fingerprint density at radius 2 is 1.57 bits per heavy atom. The number of carboxylic acid groups (broad SMARTS) is 1. The SMILES string of the molecule is COc1cc(-n2ncc3c(-c4cccc(-c5cc(C)c(CN(C)C6CCC(CC(=O)O)CC6)c(OC)n5)c4Cl)cccc32)cc(OC)c1CN(C)[C@@H]1CCOCC1O. The van der Waals surface area contributed by atoms with Crippen LogP contribution in [0.3, 0.4) is 0 Å². The van der Waals surface area contributed by atoms with Crippen molar-refractivity contribution in [3.63, 3.8) is 0 Å². The number of ether oxygens (including phenoxy) is 4. The fourth-order valence-electron chi connectivity index (χ4n) is 8.85. The lowest BCUT2D eigenvalue weighted by Gasteiger charge is -2.35. The van der Waals surface area contributed by atoms with Crippen LogP contribution in [-0.4, -0.2) is 108 Å². The number of rotatable bonds is 14. The van der Waals surface area contributed by atoms with Gasteiger partial charge in [-0.25, -0.2) is 9.67 Å². The summed E-state index contributed by atoms with van der Waals surface area (Å²) < 4.78 is 25.1. The normalized spacial score (nSPS) is 19.8. The van der Waals surface area contributed by atoms with Gasteiger partial charge in [-0.2, -0.15) is 5.10 Å². The minimum absolute atomic E-state index is 0.0370. The van der Waals surface area contributed by atoms with Crippen molar-refractivity contribution in [1.82, 2.24) is 24.6 Å². The lowest BCUT2D eigenvalue weighted by atomic mass is 9.83. The van der Waals surface area contributed by atoms with E-state index in [1.807, 2.05) is 60.4 Å². The molecule has 2 aromatic heterocycles. The van der Waals surface area contributed by atoms with Gasteiger partial charge in [-0.05, 0) is 82.3 Å². The highest BCUT2D eigenvalue weighted by Crippen LogP contribution is 2.41. The summed E-state index contributed by atoms with van der Waals surface area (Å²) in [6, 6.07) is 18.4. The molecule has 2 fully saturated rings. The number of carbonyl (C=O) groups is 1. The van der Waals surface area contributed by atoms with Crippen LogP contribution in [0.25, 0.3) is 39.0 Å². The van der Waals surface area contributed by atoms with Gasteiger partial charge in [-0.3, -0.25) is 14.6 Å². The van der Waals surface area contributed by atoms with Crippen LogP contribution in [0.15, 0.2) is 60.8 Å². The van der Waals surface area contributed by atoms with Crippen LogP contribution in [-0.2, 0) is 22.6 Å². The molecular formula is C45H54ClN5O7. The zero-order chi connectivity index (χ0) is 41.1. The number of aromatic nitrogens is 3. The molecule has 5 aromatic rings. The van der Waals surface area contributed by atoms with Crippen LogP contribution in [0.4, 0.5) is 0 Å². The van der Waals surface area contributed by atoms with Crippen LogP contribution >= 0.6 is 11.6 Å². The molecule has 1 saturated carbocycles. The van der Waals surface area contributed by atoms with E-state index in [-0.39, 0.29) is 18.4 Å². The fourth-order valence-corrected chi connectivity index (χ4v) is 9.18. The first-order valence-electron chi connectivity index (χ1n) is 19.9. The Kier molecular flexibility index (Phi) is 12.9. The molecular weight excluding hydrogens is 758 g/mol. The van der Waals surface area contributed by atoms with Crippen LogP contribution in [0, 0.1) is 12.8 Å². The minimum atomic E-state index is -0.712. The minimum Gasteiger partial charge on any atom is -0.496 e. The predicted octanol–water partition coefficient (Wildman–Crippen LogP) is 7.79. The molecule has 7 rings (SSSR count). The third kappa shape index (κ3) is 8.53. The van der Waals surface area contributed by atoms with Crippen molar-refractivity contribution < 1.29 is 34.0 Å². The summed E-state index contributed by atoms with van der Waals surface area (Å²) in [6.45, 7) is 4.21. The second-order valence-electron chi connectivity index (χ2n) is 15.7. The summed E-state index contributed by atoms with van der Waals surface area (Å²) in [5, 5.41) is 26.2. The molecule has 58 heavy (non-hydrogen) atoms. The number of carboxylic acids is 1. The van der Waals surface area contributed by atoms with Gasteiger partial charge in [0.2, 0.25) is 5.88 Å². The molecule has 0 bridgehead atoms. The second-order valence-corrected chi connectivity index (χ2v) is 16.1. The fraction of sp³-hybridized carbons (Fsp3) is 0.444. The number of likely N-dealkylation sites (N-methyl/N-ethyl adjacent to an activating group) is 1. The lowest BCUT2D eigenvalue weighted by Crippen LogP contribution is -2.47. The molecule has 2 aliphatic rings. The van der Waals surface area contributed by atoms with Gasteiger partial charge in [0.15, 0.2) is 0 Å². The first kappa shape index (κ1) is 41.4. The van der Waals surface area contributed by atoms with E-state index in [4.69, 9.17) is 40.6 Å². The molecule has 3 heterocycles. The molecule has 1 saturated heterocycles. The number of hydrogen-bond donors (Lipinski definition) is 2. The molecule has 3 aromatic carbocycles. The van der Waals surface area contributed by atoms with Gasteiger partial charge in [0.25, 0.3) is 0 Å². The van der Waals surface area contributed by atoms with E-state index in [0.717, 1.165) is 87.8 Å². The summed E-state index contributed by atoms with van der Waals surface area (Å²) in [5.41, 5.74) is 7.94. The molecule has 1 unspecified atom stereocenters. The number of aliphatic carboxylic acids is 1. The van der Waals surface area contributed by atoms with E-state index in [0.29, 0.717) is 54.7 Å². The van der Waals surface area contributed by atoms with E-state index in [1.54, 1.807) is 21.3 Å². The number of aliphatic hydroxyl groups is 1. The third-order valence-corrected chi connectivity index (χ3v) is 12.5. The number of nitrogens with zero attached hydrogens (tertiary/aromatic N) is 5. The predicted molar refractivity (Wildman–Crippen MR) is 225 cm³/mol. The monoisotopic (exact) mass is 811 g/mol. The van der Waals surface area contributed by atoms with Crippen LogP contribution < -0.4 is 14.2 Å². The van der Waals surface area contributed by atoms with Crippen molar-refractivity contribution in [1.29, 1.82) is 0 Å². The Bertz CT molecular complexity index is 2230. The van der Waals surface area contributed by atoms with Gasteiger partial charge in [0, 0.05) is 72.4 Å². The number of hydrogen-bond acceptors (Lipinski definition) is 10. The Hall–Kier alpha value is -4.72. The van der Waals surface area contributed by atoms with Gasteiger partial charge >= 0.3 is 5.97 Å². The topological polar surface area (TPSA) is 132 Å². The number of benzene rings is 3. The maximum absolute atomic E-state index is 11.2. The average Bonchev–Trinajstić information content (AvgIpc) is 3.66. The van der Waals surface area contributed by atoms with Crippen molar-refractivity contribution >= 4 is 28.5 Å². The molecule has 1 aliphatic carbocycles. The molecule has 2 N–H and O–H groups in total. The zero-order valence-electron chi connectivity index (χ0n) is 34.2. The van der Waals surface area contributed by atoms with Gasteiger partial charge in [-0.1, -0.05) is 41.9 Å². The number of halogens is 1. The Morgan fingerprint density at radius 3 is 2.24 bits per heavy atom. The van der Waals surface area contributed by atoms with Crippen molar-refractivity contribution in [2.45, 2.75) is 76.7 Å². The van der Waals surface area contributed by atoms with E-state index in [9.17, 15) is 15.0 Å². The lowest BCUT2D eigenvalue weighted by molar-refractivity contribution is -0.138. The Balaban J connectivity index is 1.16. The standard InChI is InChI=1S/C45H54ClN5O7/c1-27-19-37(48-45(57-6)35(27)24-49(2)29-15-13-28(14-16-29)20-43(53)54)33-11-7-10-32(44(33)46)31-9-8-12-38-34(31)23-47-51(38)30-21-41(55-4)36(42(22-30)56-5)25-50(3)39-17-18-58-26-40(39)52/h7-12,19,21-23,28-29,39-40,52H,13-18,20,24-26H2,1-6H3,(H,53,54)/t28?,29?,39-,40?/m1/s1.